The zero-order valence-corrected chi connectivity index (χ0v) is 9.63. The quantitative estimate of drug-likeness (QED) is 0.752. The van der Waals surface area contributed by atoms with Crippen LogP contribution in [-0.4, -0.2) is 28.9 Å². The molecule has 2 heterocycles. The van der Waals surface area contributed by atoms with Crippen LogP contribution in [0.3, 0.4) is 0 Å². The first-order chi connectivity index (χ1) is 7.15. The van der Waals surface area contributed by atoms with Crippen molar-refractivity contribution in [3.8, 4) is 0 Å². The molecule has 5 nitrogen and oxygen atoms in total. The summed E-state index contributed by atoms with van der Waals surface area (Å²) >= 11 is 0. The summed E-state index contributed by atoms with van der Waals surface area (Å²) < 4.78 is 25.2. The zero-order chi connectivity index (χ0) is 10.9. The Kier molecular flexibility index (Phi) is 2.77. The monoisotopic (exact) mass is 229 g/mol. The number of nitrogens with zero attached hydrogens (tertiary/aromatic N) is 3. The highest BCUT2D eigenvalue weighted by Crippen LogP contribution is 2.17. The number of aromatic nitrogens is 3. The van der Waals surface area contributed by atoms with Crippen molar-refractivity contribution in [2.24, 2.45) is 0 Å². The molecule has 1 aromatic heterocycles. The predicted octanol–water partition coefficient (Wildman–Crippen LogP) is 0.798. The molecule has 0 radical (unpaired) electrons. The van der Waals surface area contributed by atoms with Gasteiger partial charge in [-0.2, -0.15) is 0 Å². The number of hydrogen-bond donors (Lipinski definition) is 0. The summed E-state index contributed by atoms with van der Waals surface area (Å²) in [7, 11) is -3.22. The van der Waals surface area contributed by atoms with Gasteiger partial charge in [0.15, 0.2) is 0 Å². The second-order valence-electron chi connectivity index (χ2n) is 3.76. The average Bonchev–Trinajstić information content (AvgIpc) is 2.49. The van der Waals surface area contributed by atoms with E-state index >= 15 is 0 Å². The highest BCUT2D eigenvalue weighted by atomic mass is 32.2. The van der Waals surface area contributed by atoms with Gasteiger partial charge in [0.05, 0.1) is 5.75 Å². The second kappa shape index (κ2) is 3.92. The molecule has 0 unspecified atom stereocenters. The van der Waals surface area contributed by atoms with Crippen molar-refractivity contribution >= 4 is 9.84 Å². The van der Waals surface area contributed by atoms with Gasteiger partial charge in [0.2, 0.25) is 15.0 Å². The van der Waals surface area contributed by atoms with Crippen LogP contribution < -0.4 is 0 Å². The molecule has 1 aliphatic heterocycles. The van der Waals surface area contributed by atoms with E-state index in [1.807, 2.05) is 0 Å². The second-order valence-corrected chi connectivity index (χ2v) is 5.94. The maximum absolute atomic E-state index is 11.7. The summed E-state index contributed by atoms with van der Waals surface area (Å²) in [5.41, 5.74) is 0. The van der Waals surface area contributed by atoms with Crippen LogP contribution in [0.2, 0.25) is 0 Å². The van der Waals surface area contributed by atoms with E-state index in [1.54, 1.807) is 11.5 Å². The highest BCUT2D eigenvalue weighted by molar-refractivity contribution is 7.91. The molecule has 0 atom stereocenters. The van der Waals surface area contributed by atoms with Gasteiger partial charge in [-0.15, -0.1) is 10.2 Å². The van der Waals surface area contributed by atoms with Gasteiger partial charge < -0.3 is 4.57 Å². The van der Waals surface area contributed by atoms with Crippen LogP contribution in [0, 0.1) is 0 Å². The Morgan fingerprint density at radius 2 is 2.07 bits per heavy atom. The Hall–Kier alpha value is -0.910. The largest absolute Gasteiger partial charge is 0.302 e. The first-order valence-electron chi connectivity index (χ1n) is 5.30. The summed E-state index contributed by atoms with van der Waals surface area (Å²) in [6.45, 7) is 2.37. The van der Waals surface area contributed by atoms with E-state index in [2.05, 4.69) is 10.2 Å². The lowest BCUT2D eigenvalue weighted by Crippen LogP contribution is -2.13. The van der Waals surface area contributed by atoms with Gasteiger partial charge in [0.25, 0.3) is 0 Å². The minimum Gasteiger partial charge on any atom is -0.302 e. The van der Waals surface area contributed by atoms with Gasteiger partial charge in [-0.25, -0.2) is 8.42 Å². The maximum atomic E-state index is 11.7. The van der Waals surface area contributed by atoms with E-state index in [-0.39, 0.29) is 10.9 Å². The lowest BCUT2D eigenvalue weighted by atomic mass is 10.2. The Labute approximate surface area is 89.4 Å². The minimum atomic E-state index is -3.22. The van der Waals surface area contributed by atoms with E-state index in [0.717, 1.165) is 38.1 Å². The van der Waals surface area contributed by atoms with Gasteiger partial charge in [-0.05, 0) is 12.8 Å². The zero-order valence-electron chi connectivity index (χ0n) is 8.81. The molecule has 0 aliphatic carbocycles. The molecular formula is C9H15N3O2S. The normalized spacial score (nSPS) is 17.1. The molecule has 0 saturated heterocycles. The molecule has 0 saturated carbocycles. The third-order valence-corrected chi connectivity index (χ3v) is 4.35. The fourth-order valence-corrected chi connectivity index (χ4v) is 2.77. The standard InChI is InChI=1S/C9H15N3O2S/c1-2-15(13,14)9-11-10-8-6-4-3-5-7-12(8)9/h2-7H2,1H3. The topological polar surface area (TPSA) is 64.8 Å². The first kappa shape index (κ1) is 10.6. The number of rotatable bonds is 2. The lowest BCUT2D eigenvalue weighted by Gasteiger charge is -2.05. The van der Waals surface area contributed by atoms with Crippen LogP contribution in [0.15, 0.2) is 5.16 Å². The van der Waals surface area contributed by atoms with E-state index in [4.69, 9.17) is 0 Å². The molecule has 0 bridgehead atoms. The van der Waals surface area contributed by atoms with Crippen LogP contribution in [-0.2, 0) is 22.8 Å². The smallest absolute Gasteiger partial charge is 0.249 e. The Balaban J connectivity index is 2.47. The molecule has 0 fully saturated rings. The van der Waals surface area contributed by atoms with Crippen molar-refractivity contribution in [1.29, 1.82) is 0 Å². The molecule has 15 heavy (non-hydrogen) atoms. The Morgan fingerprint density at radius 1 is 1.27 bits per heavy atom. The summed E-state index contributed by atoms with van der Waals surface area (Å²) in [6, 6.07) is 0. The number of hydrogen-bond acceptors (Lipinski definition) is 4. The molecule has 1 aromatic rings. The van der Waals surface area contributed by atoms with Crippen LogP contribution >= 0.6 is 0 Å². The predicted molar refractivity (Wildman–Crippen MR) is 55.3 cm³/mol. The van der Waals surface area contributed by atoms with E-state index in [1.165, 1.54) is 0 Å². The molecule has 0 aromatic carbocycles. The molecule has 6 heteroatoms. The third-order valence-electron chi connectivity index (χ3n) is 2.73. The molecule has 0 spiro atoms. The van der Waals surface area contributed by atoms with Crippen molar-refractivity contribution in [3.63, 3.8) is 0 Å². The molecule has 84 valence electrons. The molecule has 0 N–H and O–H groups in total. The molecule has 0 amide bonds. The Morgan fingerprint density at radius 3 is 2.80 bits per heavy atom. The van der Waals surface area contributed by atoms with Crippen LogP contribution in [0.4, 0.5) is 0 Å². The van der Waals surface area contributed by atoms with E-state index in [9.17, 15) is 8.42 Å². The highest BCUT2D eigenvalue weighted by Gasteiger charge is 2.23. The third kappa shape index (κ3) is 1.90. The first-order valence-corrected chi connectivity index (χ1v) is 6.95. The van der Waals surface area contributed by atoms with Crippen molar-refractivity contribution < 1.29 is 8.42 Å². The maximum Gasteiger partial charge on any atom is 0.249 e. The number of aryl methyl sites for hydroxylation is 1. The summed E-state index contributed by atoms with van der Waals surface area (Å²) in [6.07, 6.45) is 4.06. The van der Waals surface area contributed by atoms with Gasteiger partial charge in [-0.1, -0.05) is 13.3 Å². The minimum absolute atomic E-state index is 0.0884. The molecule has 1 aliphatic rings. The van der Waals surface area contributed by atoms with E-state index in [0.29, 0.717) is 0 Å². The fraction of sp³-hybridized carbons (Fsp3) is 0.778. The van der Waals surface area contributed by atoms with Crippen LogP contribution in [0.1, 0.15) is 32.0 Å². The Bertz CT molecular complexity index is 450. The molecular weight excluding hydrogens is 214 g/mol. The summed E-state index contributed by atoms with van der Waals surface area (Å²) in [5, 5.41) is 7.93. The van der Waals surface area contributed by atoms with Gasteiger partial charge in [0, 0.05) is 13.0 Å². The van der Waals surface area contributed by atoms with Gasteiger partial charge >= 0.3 is 0 Å². The SMILES string of the molecule is CCS(=O)(=O)c1nnc2n1CCCCC2. The van der Waals surface area contributed by atoms with Crippen molar-refractivity contribution in [2.75, 3.05) is 5.75 Å². The number of sulfone groups is 1. The van der Waals surface area contributed by atoms with Crippen molar-refractivity contribution in [1.82, 2.24) is 14.8 Å². The van der Waals surface area contributed by atoms with Gasteiger partial charge in [0.1, 0.15) is 5.82 Å². The molecule has 2 rings (SSSR count). The van der Waals surface area contributed by atoms with Crippen LogP contribution in [0.5, 0.6) is 0 Å². The summed E-state index contributed by atoms with van der Waals surface area (Å²) in [5.74, 6) is 0.907. The summed E-state index contributed by atoms with van der Waals surface area (Å²) in [4.78, 5) is 0. The van der Waals surface area contributed by atoms with E-state index < -0.39 is 9.84 Å². The van der Waals surface area contributed by atoms with Crippen molar-refractivity contribution in [3.05, 3.63) is 5.82 Å². The average molecular weight is 229 g/mol. The lowest BCUT2D eigenvalue weighted by molar-refractivity contribution is 0.548. The fourth-order valence-electron chi connectivity index (χ4n) is 1.82. The van der Waals surface area contributed by atoms with Crippen LogP contribution in [0.25, 0.3) is 0 Å². The van der Waals surface area contributed by atoms with Gasteiger partial charge in [-0.3, -0.25) is 0 Å². The van der Waals surface area contributed by atoms with Crippen molar-refractivity contribution in [2.45, 2.75) is 44.3 Å². The number of fused-ring (bicyclic) bond motifs is 1.